The quantitative estimate of drug-likeness (QED) is 0.540. The van der Waals surface area contributed by atoms with Crippen molar-refractivity contribution in [3.63, 3.8) is 0 Å². The Morgan fingerprint density at radius 1 is 1.27 bits per heavy atom. The van der Waals surface area contributed by atoms with Gasteiger partial charge in [-0.3, -0.25) is 4.68 Å². The van der Waals surface area contributed by atoms with E-state index < -0.39 is 0 Å². The highest BCUT2D eigenvalue weighted by Gasteiger charge is 2.19. The number of nitrogens with one attached hydrogen (secondary N) is 2. The number of aliphatic imine (C=N–C) groups is 1. The van der Waals surface area contributed by atoms with Gasteiger partial charge in [0.1, 0.15) is 0 Å². The zero-order valence-electron chi connectivity index (χ0n) is 17.1. The molecule has 0 unspecified atom stereocenters. The number of piperidine rings is 1. The molecule has 0 aliphatic carbocycles. The van der Waals surface area contributed by atoms with E-state index in [1.54, 1.807) is 7.11 Å². The van der Waals surface area contributed by atoms with Gasteiger partial charge in [-0.05, 0) is 52.6 Å². The van der Waals surface area contributed by atoms with E-state index in [-0.39, 0.29) is 0 Å². The lowest BCUT2D eigenvalue weighted by Crippen LogP contribution is -2.43. The molecule has 0 saturated carbocycles. The summed E-state index contributed by atoms with van der Waals surface area (Å²) >= 11 is 0. The minimum absolute atomic E-state index is 0.663. The first-order valence-electron chi connectivity index (χ1n) is 9.77. The lowest BCUT2D eigenvalue weighted by Gasteiger charge is -2.32. The van der Waals surface area contributed by atoms with Crippen molar-refractivity contribution in [2.24, 2.45) is 18.0 Å². The van der Waals surface area contributed by atoms with E-state index in [1.165, 1.54) is 24.1 Å². The zero-order valence-corrected chi connectivity index (χ0v) is 17.1. The predicted octanol–water partition coefficient (Wildman–Crippen LogP) is 1.45. The Hall–Kier alpha value is -1.60. The number of guanidine groups is 1. The summed E-state index contributed by atoms with van der Waals surface area (Å²) in [4.78, 5) is 7.27. The Bertz CT molecular complexity index is 575. The molecule has 7 nitrogen and oxygen atoms in total. The number of nitrogens with zero attached hydrogens (tertiary/aromatic N) is 4. The van der Waals surface area contributed by atoms with Crippen molar-refractivity contribution < 1.29 is 4.74 Å². The third-order valence-corrected chi connectivity index (χ3v) is 5.28. The number of aromatic nitrogens is 2. The molecule has 1 aliphatic rings. The van der Waals surface area contributed by atoms with Crippen molar-refractivity contribution >= 4 is 5.96 Å². The maximum Gasteiger partial charge on any atom is 0.191 e. The van der Waals surface area contributed by atoms with Crippen LogP contribution < -0.4 is 10.6 Å². The van der Waals surface area contributed by atoms with E-state index >= 15 is 0 Å². The van der Waals surface area contributed by atoms with Crippen molar-refractivity contribution in [2.75, 3.05) is 46.4 Å². The molecule has 0 radical (unpaired) electrons. The molecule has 7 heteroatoms. The molecule has 2 heterocycles. The van der Waals surface area contributed by atoms with Gasteiger partial charge in [0, 0.05) is 45.0 Å². The Morgan fingerprint density at radius 3 is 2.58 bits per heavy atom. The fourth-order valence-corrected chi connectivity index (χ4v) is 3.42. The second kappa shape index (κ2) is 10.5. The lowest BCUT2D eigenvalue weighted by atomic mass is 9.97. The van der Waals surface area contributed by atoms with Gasteiger partial charge in [0.2, 0.25) is 0 Å². The number of hydrogen-bond acceptors (Lipinski definition) is 4. The van der Waals surface area contributed by atoms with E-state index in [1.807, 2.05) is 11.7 Å². The number of ether oxygens (including phenoxy) is 1. The smallest absolute Gasteiger partial charge is 0.191 e. The van der Waals surface area contributed by atoms with Crippen LogP contribution >= 0.6 is 0 Å². The van der Waals surface area contributed by atoms with E-state index in [2.05, 4.69) is 41.4 Å². The van der Waals surface area contributed by atoms with Crippen LogP contribution in [-0.2, 0) is 18.3 Å². The molecule has 1 saturated heterocycles. The highest BCUT2D eigenvalue weighted by Crippen LogP contribution is 2.16. The monoisotopic (exact) mass is 364 g/mol. The van der Waals surface area contributed by atoms with Gasteiger partial charge in [-0.15, -0.1) is 0 Å². The van der Waals surface area contributed by atoms with Crippen molar-refractivity contribution in [2.45, 2.75) is 40.2 Å². The van der Waals surface area contributed by atoms with Crippen LogP contribution in [0, 0.1) is 19.8 Å². The summed E-state index contributed by atoms with van der Waals surface area (Å²) in [6.07, 6.45) is 2.47. The summed E-state index contributed by atoms with van der Waals surface area (Å²) in [7, 11) is 3.75. The van der Waals surface area contributed by atoms with Gasteiger partial charge in [0.15, 0.2) is 5.96 Å². The summed E-state index contributed by atoms with van der Waals surface area (Å²) in [6.45, 7) is 13.0. The van der Waals surface area contributed by atoms with E-state index in [0.29, 0.717) is 12.5 Å². The van der Waals surface area contributed by atoms with Crippen LogP contribution in [0.4, 0.5) is 0 Å². The fourth-order valence-electron chi connectivity index (χ4n) is 3.42. The van der Waals surface area contributed by atoms with Crippen LogP contribution in [0.2, 0.25) is 0 Å². The fraction of sp³-hybridized carbons (Fsp3) is 0.789. The molecule has 26 heavy (non-hydrogen) atoms. The number of rotatable bonds is 8. The SMILES string of the molecule is CCNC(=NCc1c(C)nn(C)c1C)NCC1CCN(CCOC)CC1. The van der Waals surface area contributed by atoms with Crippen molar-refractivity contribution in [3.05, 3.63) is 17.0 Å². The third kappa shape index (κ3) is 5.99. The first-order valence-corrected chi connectivity index (χ1v) is 9.77. The number of likely N-dealkylation sites (tertiary alicyclic amines) is 1. The highest BCUT2D eigenvalue weighted by atomic mass is 16.5. The molecule has 1 aromatic heterocycles. The van der Waals surface area contributed by atoms with Crippen molar-refractivity contribution in [3.8, 4) is 0 Å². The second-order valence-electron chi connectivity index (χ2n) is 7.13. The van der Waals surface area contributed by atoms with Crippen LogP contribution in [0.3, 0.4) is 0 Å². The second-order valence-corrected chi connectivity index (χ2v) is 7.13. The van der Waals surface area contributed by atoms with Gasteiger partial charge in [-0.2, -0.15) is 5.10 Å². The standard InChI is InChI=1S/C19H36N6O/c1-6-20-19(22-14-18-15(2)23-24(4)16(18)3)21-13-17-7-9-25(10-8-17)11-12-26-5/h17H,6-14H2,1-5H3,(H2,20,21,22). The summed E-state index contributed by atoms with van der Waals surface area (Å²) in [5.41, 5.74) is 3.47. The van der Waals surface area contributed by atoms with E-state index in [4.69, 9.17) is 9.73 Å². The van der Waals surface area contributed by atoms with Crippen molar-refractivity contribution in [1.29, 1.82) is 0 Å². The molecule has 0 bridgehead atoms. The highest BCUT2D eigenvalue weighted by molar-refractivity contribution is 5.79. The number of hydrogen-bond donors (Lipinski definition) is 2. The molecular weight excluding hydrogens is 328 g/mol. The molecule has 0 amide bonds. The van der Waals surface area contributed by atoms with Gasteiger partial charge in [0.05, 0.1) is 18.8 Å². The van der Waals surface area contributed by atoms with E-state index in [0.717, 1.165) is 51.0 Å². The molecule has 1 aliphatic heterocycles. The maximum absolute atomic E-state index is 5.17. The third-order valence-electron chi connectivity index (χ3n) is 5.28. The topological polar surface area (TPSA) is 66.7 Å². The largest absolute Gasteiger partial charge is 0.383 e. The average molecular weight is 365 g/mol. The maximum atomic E-state index is 5.17. The molecule has 2 N–H and O–H groups in total. The zero-order chi connectivity index (χ0) is 18.9. The Balaban J connectivity index is 1.82. The van der Waals surface area contributed by atoms with Crippen LogP contribution in [0.1, 0.15) is 36.7 Å². The number of aryl methyl sites for hydroxylation is 2. The minimum Gasteiger partial charge on any atom is -0.383 e. The molecule has 0 atom stereocenters. The molecule has 1 fully saturated rings. The van der Waals surface area contributed by atoms with Crippen LogP contribution in [-0.4, -0.2) is 67.1 Å². The summed E-state index contributed by atoms with van der Waals surface area (Å²) in [5, 5.41) is 11.4. The van der Waals surface area contributed by atoms with Crippen LogP contribution in [0.15, 0.2) is 4.99 Å². The molecule has 2 rings (SSSR count). The van der Waals surface area contributed by atoms with Gasteiger partial charge in [-0.25, -0.2) is 4.99 Å². The van der Waals surface area contributed by atoms with Crippen LogP contribution in [0.5, 0.6) is 0 Å². The van der Waals surface area contributed by atoms with Gasteiger partial charge < -0.3 is 20.3 Å². The summed E-state index contributed by atoms with van der Waals surface area (Å²) in [5.74, 6) is 1.61. The normalized spacial score (nSPS) is 16.9. The van der Waals surface area contributed by atoms with Gasteiger partial charge in [-0.1, -0.05) is 0 Å². The summed E-state index contributed by atoms with van der Waals surface area (Å²) in [6, 6.07) is 0. The van der Waals surface area contributed by atoms with Gasteiger partial charge in [0.25, 0.3) is 0 Å². The molecular formula is C19H36N6O. The molecule has 0 aromatic carbocycles. The first-order chi connectivity index (χ1) is 12.5. The number of methoxy groups -OCH3 is 1. The summed E-state index contributed by atoms with van der Waals surface area (Å²) < 4.78 is 7.10. The minimum atomic E-state index is 0.663. The molecule has 148 valence electrons. The lowest BCUT2D eigenvalue weighted by molar-refractivity contribution is 0.121. The average Bonchev–Trinajstić information content (AvgIpc) is 2.88. The molecule has 1 aromatic rings. The van der Waals surface area contributed by atoms with Crippen molar-refractivity contribution in [1.82, 2.24) is 25.3 Å². The van der Waals surface area contributed by atoms with Crippen LogP contribution in [0.25, 0.3) is 0 Å². The first kappa shape index (κ1) is 20.7. The van der Waals surface area contributed by atoms with Gasteiger partial charge >= 0.3 is 0 Å². The predicted molar refractivity (Wildman–Crippen MR) is 107 cm³/mol. The Labute approximate surface area is 158 Å². The molecule has 0 spiro atoms. The Kier molecular flexibility index (Phi) is 8.38. The van der Waals surface area contributed by atoms with E-state index in [9.17, 15) is 0 Å². The Morgan fingerprint density at radius 2 is 2.00 bits per heavy atom.